The predicted molar refractivity (Wildman–Crippen MR) is 90.6 cm³/mol. The number of piperidine rings is 1. The minimum Gasteiger partial charge on any atom is -0.339 e. The number of hydrogen-bond donors (Lipinski definition) is 1. The SMILES string of the molecule is c1csc(CN(Cc2noc(C3CC3)n2)C2CC23CCNCC3)n1. The fraction of sp³-hybridized carbons (Fsp3) is 0.706. The van der Waals surface area contributed by atoms with E-state index < -0.39 is 0 Å². The fourth-order valence-electron chi connectivity index (χ4n) is 4.10. The molecule has 1 saturated heterocycles. The van der Waals surface area contributed by atoms with Crippen LogP contribution in [-0.2, 0) is 13.1 Å². The molecule has 1 spiro atoms. The molecule has 1 atom stereocenters. The van der Waals surface area contributed by atoms with Crippen molar-refractivity contribution < 1.29 is 4.52 Å². The van der Waals surface area contributed by atoms with Gasteiger partial charge in [-0.05, 0) is 50.6 Å². The van der Waals surface area contributed by atoms with E-state index in [1.165, 1.54) is 37.1 Å². The van der Waals surface area contributed by atoms with Gasteiger partial charge in [-0.15, -0.1) is 11.3 Å². The van der Waals surface area contributed by atoms with Crippen molar-refractivity contribution >= 4 is 11.3 Å². The highest BCUT2D eigenvalue weighted by Crippen LogP contribution is 2.56. The van der Waals surface area contributed by atoms with Crippen LogP contribution in [0.4, 0.5) is 0 Å². The normalized spacial score (nSPS) is 25.5. The Morgan fingerprint density at radius 3 is 2.92 bits per heavy atom. The van der Waals surface area contributed by atoms with Gasteiger partial charge >= 0.3 is 0 Å². The molecule has 2 saturated carbocycles. The minimum absolute atomic E-state index is 0.506. The highest BCUT2D eigenvalue weighted by molar-refractivity contribution is 7.09. The van der Waals surface area contributed by atoms with Crippen LogP contribution in [0.15, 0.2) is 16.1 Å². The molecule has 0 aromatic carbocycles. The standard InChI is InChI=1S/C17H23N5OS/c1-2-12(1)16-20-14(21-23-16)10-22(11-15-19-7-8-24-15)13-9-17(13)3-5-18-6-4-17/h7-8,12-13,18H,1-6,9-11H2. The third kappa shape index (κ3) is 2.89. The Balaban J connectivity index is 1.33. The van der Waals surface area contributed by atoms with Crippen LogP contribution < -0.4 is 5.32 Å². The Morgan fingerprint density at radius 1 is 1.29 bits per heavy atom. The lowest BCUT2D eigenvalue weighted by Gasteiger charge is -2.28. The van der Waals surface area contributed by atoms with E-state index in [2.05, 4.69) is 30.7 Å². The largest absolute Gasteiger partial charge is 0.339 e. The molecule has 1 unspecified atom stereocenters. The number of thiazole rings is 1. The predicted octanol–water partition coefficient (Wildman–Crippen LogP) is 2.55. The zero-order valence-electron chi connectivity index (χ0n) is 13.8. The molecule has 128 valence electrons. The van der Waals surface area contributed by atoms with E-state index in [1.54, 1.807) is 11.3 Å². The van der Waals surface area contributed by atoms with Crippen molar-refractivity contribution in [3.63, 3.8) is 0 Å². The van der Waals surface area contributed by atoms with Crippen molar-refractivity contribution in [2.45, 2.75) is 57.2 Å². The molecule has 7 heteroatoms. The molecule has 3 heterocycles. The van der Waals surface area contributed by atoms with Crippen LogP contribution in [0.25, 0.3) is 0 Å². The highest BCUT2D eigenvalue weighted by Gasteiger charge is 2.56. The first-order valence-electron chi connectivity index (χ1n) is 8.98. The zero-order chi connectivity index (χ0) is 16.0. The molecule has 3 fully saturated rings. The second kappa shape index (κ2) is 5.89. The van der Waals surface area contributed by atoms with Crippen LogP contribution in [0.1, 0.15) is 54.7 Å². The summed E-state index contributed by atoms with van der Waals surface area (Å²) in [6, 6.07) is 0.631. The van der Waals surface area contributed by atoms with E-state index in [4.69, 9.17) is 4.52 Å². The lowest BCUT2D eigenvalue weighted by Crippen LogP contribution is -2.36. The monoisotopic (exact) mass is 345 g/mol. The van der Waals surface area contributed by atoms with Gasteiger partial charge in [0, 0.05) is 23.5 Å². The van der Waals surface area contributed by atoms with Gasteiger partial charge in [0.1, 0.15) is 5.01 Å². The first-order valence-corrected chi connectivity index (χ1v) is 9.86. The summed E-state index contributed by atoms with van der Waals surface area (Å²) in [5, 5.41) is 11.0. The molecule has 24 heavy (non-hydrogen) atoms. The Hall–Kier alpha value is -1.31. The van der Waals surface area contributed by atoms with E-state index >= 15 is 0 Å². The van der Waals surface area contributed by atoms with Crippen molar-refractivity contribution in [1.29, 1.82) is 0 Å². The van der Waals surface area contributed by atoms with E-state index in [-0.39, 0.29) is 0 Å². The highest BCUT2D eigenvalue weighted by atomic mass is 32.1. The number of aromatic nitrogens is 3. The molecule has 2 aromatic heterocycles. The smallest absolute Gasteiger partial charge is 0.229 e. The molecule has 0 amide bonds. The van der Waals surface area contributed by atoms with Crippen molar-refractivity contribution in [2.24, 2.45) is 5.41 Å². The second-order valence-electron chi connectivity index (χ2n) is 7.49. The van der Waals surface area contributed by atoms with Crippen LogP contribution in [0, 0.1) is 5.41 Å². The Labute approximate surface area is 145 Å². The Bertz CT molecular complexity index is 690. The first kappa shape index (κ1) is 15.0. The average molecular weight is 345 g/mol. The van der Waals surface area contributed by atoms with Gasteiger partial charge in [-0.3, -0.25) is 4.90 Å². The molecule has 1 N–H and O–H groups in total. The number of nitrogens with zero attached hydrogens (tertiary/aromatic N) is 4. The molecule has 0 bridgehead atoms. The van der Waals surface area contributed by atoms with E-state index in [9.17, 15) is 0 Å². The first-order chi connectivity index (χ1) is 11.8. The summed E-state index contributed by atoms with van der Waals surface area (Å²) in [5.41, 5.74) is 0.506. The summed E-state index contributed by atoms with van der Waals surface area (Å²) in [5.74, 6) is 2.20. The van der Waals surface area contributed by atoms with Gasteiger partial charge in [0.25, 0.3) is 0 Å². The summed E-state index contributed by atoms with van der Waals surface area (Å²) >= 11 is 1.73. The summed E-state index contributed by atoms with van der Waals surface area (Å²) in [6.07, 6.45) is 8.15. The van der Waals surface area contributed by atoms with Gasteiger partial charge in [0.2, 0.25) is 5.89 Å². The lowest BCUT2D eigenvalue weighted by atomic mass is 9.93. The minimum atomic E-state index is 0.506. The maximum Gasteiger partial charge on any atom is 0.229 e. The van der Waals surface area contributed by atoms with Gasteiger partial charge in [-0.2, -0.15) is 4.98 Å². The quantitative estimate of drug-likeness (QED) is 0.868. The maximum atomic E-state index is 5.45. The molecule has 0 radical (unpaired) electrons. The van der Waals surface area contributed by atoms with Crippen LogP contribution >= 0.6 is 11.3 Å². The summed E-state index contributed by atoms with van der Waals surface area (Å²) < 4.78 is 5.45. The van der Waals surface area contributed by atoms with Gasteiger partial charge < -0.3 is 9.84 Å². The van der Waals surface area contributed by atoms with Crippen LogP contribution in [0.5, 0.6) is 0 Å². The van der Waals surface area contributed by atoms with E-state index in [1.807, 2.05) is 6.20 Å². The molecule has 3 aliphatic rings. The van der Waals surface area contributed by atoms with Gasteiger partial charge in [0.15, 0.2) is 5.82 Å². The molecular formula is C17H23N5OS. The number of hydrogen-bond acceptors (Lipinski definition) is 7. The third-order valence-electron chi connectivity index (χ3n) is 5.76. The molecule has 2 aliphatic carbocycles. The molecule has 2 aromatic rings. The van der Waals surface area contributed by atoms with Crippen molar-refractivity contribution in [3.05, 3.63) is 28.3 Å². The lowest BCUT2D eigenvalue weighted by molar-refractivity contribution is 0.182. The Kier molecular flexibility index (Phi) is 3.68. The maximum absolute atomic E-state index is 5.45. The van der Waals surface area contributed by atoms with Crippen LogP contribution in [0.3, 0.4) is 0 Å². The molecular weight excluding hydrogens is 322 g/mol. The fourth-order valence-corrected chi connectivity index (χ4v) is 4.74. The molecule has 6 nitrogen and oxygen atoms in total. The number of rotatable bonds is 6. The van der Waals surface area contributed by atoms with Gasteiger partial charge in [0.05, 0.1) is 13.1 Å². The number of nitrogens with one attached hydrogen (secondary N) is 1. The summed E-state index contributed by atoms with van der Waals surface area (Å²) in [6.45, 7) is 3.96. The van der Waals surface area contributed by atoms with Crippen molar-refractivity contribution in [3.8, 4) is 0 Å². The summed E-state index contributed by atoms with van der Waals surface area (Å²) in [4.78, 5) is 11.7. The molecule has 1 aliphatic heterocycles. The summed E-state index contributed by atoms with van der Waals surface area (Å²) in [7, 11) is 0. The van der Waals surface area contributed by atoms with E-state index in [0.717, 1.165) is 37.9 Å². The average Bonchev–Trinajstić information content (AvgIpc) is 3.44. The second-order valence-corrected chi connectivity index (χ2v) is 8.47. The topological polar surface area (TPSA) is 67.1 Å². The van der Waals surface area contributed by atoms with Crippen molar-refractivity contribution in [2.75, 3.05) is 13.1 Å². The molecule has 5 rings (SSSR count). The zero-order valence-corrected chi connectivity index (χ0v) is 14.6. The van der Waals surface area contributed by atoms with E-state index in [0.29, 0.717) is 17.4 Å². The van der Waals surface area contributed by atoms with Crippen LogP contribution in [-0.4, -0.2) is 39.2 Å². The van der Waals surface area contributed by atoms with Gasteiger partial charge in [-0.1, -0.05) is 5.16 Å². The van der Waals surface area contributed by atoms with Crippen molar-refractivity contribution in [1.82, 2.24) is 25.3 Å². The third-order valence-corrected chi connectivity index (χ3v) is 6.53. The Morgan fingerprint density at radius 2 is 2.17 bits per heavy atom. The van der Waals surface area contributed by atoms with Gasteiger partial charge in [-0.25, -0.2) is 4.98 Å². The van der Waals surface area contributed by atoms with Crippen LogP contribution in [0.2, 0.25) is 0 Å².